The van der Waals surface area contributed by atoms with E-state index in [2.05, 4.69) is 46.9 Å². The lowest BCUT2D eigenvalue weighted by Gasteiger charge is -2.32. The van der Waals surface area contributed by atoms with Crippen LogP contribution in [0.25, 0.3) is 0 Å². The van der Waals surface area contributed by atoms with Crippen molar-refractivity contribution in [2.75, 3.05) is 6.54 Å². The van der Waals surface area contributed by atoms with Crippen LogP contribution in [0, 0.1) is 17.3 Å². The Balaban J connectivity index is 4.32. The zero-order chi connectivity index (χ0) is 12.1. The van der Waals surface area contributed by atoms with Crippen molar-refractivity contribution >= 4 is 5.91 Å². The van der Waals surface area contributed by atoms with E-state index in [0.29, 0.717) is 5.92 Å². The number of nitrogens with one attached hydrogen (secondary N) is 1. The third-order valence-electron chi connectivity index (χ3n) is 2.71. The van der Waals surface area contributed by atoms with Crippen LogP contribution < -0.4 is 5.32 Å². The Morgan fingerprint density at radius 3 is 2.13 bits per heavy atom. The Kier molecular flexibility index (Phi) is 5.92. The van der Waals surface area contributed by atoms with Gasteiger partial charge in [-0.15, -0.1) is 0 Å². The molecule has 15 heavy (non-hydrogen) atoms. The number of unbranched alkanes of at least 4 members (excludes halogenated alkanes) is 1. The van der Waals surface area contributed by atoms with Gasteiger partial charge in [-0.1, -0.05) is 48.0 Å². The molecule has 1 unspecified atom stereocenters. The van der Waals surface area contributed by atoms with Crippen molar-refractivity contribution in [1.29, 1.82) is 0 Å². The summed E-state index contributed by atoms with van der Waals surface area (Å²) in [5, 5.41) is 3.03. The number of carbonyl (C=O) groups is 1. The summed E-state index contributed by atoms with van der Waals surface area (Å²) >= 11 is 0. The zero-order valence-electron chi connectivity index (χ0n) is 11.2. The lowest BCUT2D eigenvalue weighted by molar-refractivity contribution is -0.130. The van der Waals surface area contributed by atoms with E-state index in [0.717, 1.165) is 19.4 Å². The largest absolute Gasteiger partial charge is 0.356 e. The average Bonchev–Trinajstić information content (AvgIpc) is 2.00. The van der Waals surface area contributed by atoms with Gasteiger partial charge in [-0.05, 0) is 17.8 Å². The molecule has 0 saturated carbocycles. The van der Waals surface area contributed by atoms with Crippen LogP contribution in [0.4, 0.5) is 0 Å². The van der Waals surface area contributed by atoms with Gasteiger partial charge in [0.25, 0.3) is 0 Å². The Morgan fingerprint density at radius 2 is 1.80 bits per heavy atom. The maximum absolute atomic E-state index is 12.0. The molecule has 2 nitrogen and oxygen atoms in total. The summed E-state index contributed by atoms with van der Waals surface area (Å²) in [6, 6.07) is 0. The summed E-state index contributed by atoms with van der Waals surface area (Å²) in [6.45, 7) is 13.6. The van der Waals surface area contributed by atoms with E-state index in [9.17, 15) is 4.79 Å². The van der Waals surface area contributed by atoms with Crippen LogP contribution in [-0.2, 0) is 4.79 Å². The second-order valence-electron chi connectivity index (χ2n) is 5.73. The van der Waals surface area contributed by atoms with Gasteiger partial charge in [-0.3, -0.25) is 4.79 Å². The third kappa shape index (κ3) is 5.19. The van der Waals surface area contributed by atoms with Crippen molar-refractivity contribution in [1.82, 2.24) is 5.32 Å². The van der Waals surface area contributed by atoms with Gasteiger partial charge in [0.15, 0.2) is 0 Å². The third-order valence-corrected chi connectivity index (χ3v) is 2.71. The Morgan fingerprint density at radius 1 is 1.27 bits per heavy atom. The lowest BCUT2D eigenvalue weighted by atomic mass is 9.74. The van der Waals surface area contributed by atoms with Crippen LogP contribution in [-0.4, -0.2) is 12.5 Å². The molecule has 0 aliphatic rings. The minimum atomic E-state index is 0.0461. The summed E-state index contributed by atoms with van der Waals surface area (Å²) in [7, 11) is 0. The highest BCUT2D eigenvalue weighted by Gasteiger charge is 2.33. The molecule has 0 saturated heterocycles. The average molecular weight is 213 g/mol. The molecule has 0 radical (unpaired) electrons. The number of hydrogen-bond acceptors (Lipinski definition) is 1. The maximum atomic E-state index is 12.0. The molecular weight excluding hydrogens is 186 g/mol. The van der Waals surface area contributed by atoms with Crippen LogP contribution in [0.15, 0.2) is 0 Å². The van der Waals surface area contributed by atoms with Crippen molar-refractivity contribution in [2.45, 2.75) is 54.4 Å². The van der Waals surface area contributed by atoms with Gasteiger partial charge in [0, 0.05) is 12.5 Å². The molecule has 1 N–H and O–H groups in total. The van der Waals surface area contributed by atoms with Crippen LogP contribution >= 0.6 is 0 Å². The van der Waals surface area contributed by atoms with Crippen LogP contribution in [0.5, 0.6) is 0 Å². The summed E-state index contributed by atoms with van der Waals surface area (Å²) in [6.07, 6.45) is 2.20. The molecule has 0 fully saturated rings. The van der Waals surface area contributed by atoms with Crippen LogP contribution in [0.1, 0.15) is 54.4 Å². The standard InChI is InChI=1S/C13H27NO/c1-7-8-9-14-12(15)11(10(2)3)13(4,5)6/h10-11H,7-9H2,1-6H3,(H,14,15). The van der Waals surface area contributed by atoms with Gasteiger partial charge in [-0.2, -0.15) is 0 Å². The minimum absolute atomic E-state index is 0.0461. The first-order valence-electron chi connectivity index (χ1n) is 6.08. The van der Waals surface area contributed by atoms with Gasteiger partial charge in [0.2, 0.25) is 5.91 Å². The monoisotopic (exact) mass is 213 g/mol. The summed E-state index contributed by atoms with van der Waals surface area (Å²) in [4.78, 5) is 12.0. The molecule has 0 aliphatic carbocycles. The highest BCUT2D eigenvalue weighted by molar-refractivity contribution is 5.79. The molecule has 2 heteroatoms. The predicted octanol–water partition coefficient (Wildman–Crippen LogP) is 3.22. The molecule has 0 rings (SSSR count). The molecule has 0 spiro atoms. The SMILES string of the molecule is CCCCNC(=O)C(C(C)C)C(C)(C)C. The number of hydrogen-bond donors (Lipinski definition) is 1. The molecule has 1 amide bonds. The maximum Gasteiger partial charge on any atom is 0.223 e. The van der Waals surface area contributed by atoms with Crippen molar-refractivity contribution in [3.63, 3.8) is 0 Å². The van der Waals surface area contributed by atoms with Gasteiger partial charge < -0.3 is 5.32 Å². The van der Waals surface area contributed by atoms with Crippen LogP contribution in [0.3, 0.4) is 0 Å². The topological polar surface area (TPSA) is 29.1 Å². The predicted molar refractivity (Wildman–Crippen MR) is 65.7 cm³/mol. The van der Waals surface area contributed by atoms with E-state index in [1.165, 1.54) is 0 Å². The Bertz CT molecular complexity index is 191. The van der Waals surface area contributed by atoms with Gasteiger partial charge >= 0.3 is 0 Å². The summed E-state index contributed by atoms with van der Waals surface area (Å²) in [5.41, 5.74) is 0.0461. The molecule has 0 aromatic rings. The number of carbonyl (C=O) groups excluding carboxylic acids is 1. The lowest BCUT2D eigenvalue weighted by Crippen LogP contribution is -2.41. The fourth-order valence-corrected chi connectivity index (χ4v) is 2.19. The second kappa shape index (κ2) is 6.14. The fourth-order valence-electron chi connectivity index (χ4n) is 2.19. The molecule has 0 bridgehead atoms. The van der Waals surface area contributed by atoms with E-state index in [1.54, 1.807) is 0 Å². The molecule has 90 valence electrons. The number of rotatable bonds is 5. The quantitative estimate of drug-likeness (QED) is 0.698. The molecule has 0 aromatic heterocycles. The molecule has 0 aliphatic heterocycles. The summed E-state index contributed by atoms with van der Waals surface area (Å²) < 4.78 is 0. The van der Waals surface area contributed by atoms with Crippen molar-refractivity contribution in [2.24, 2.45) is 17.3 Å². The van der Waals surface area contributed by atoms with Crippen molar-refractivity contribution < 1.29 is 4.79 Å². The number of amides is 1. The smallest absolute Gasteiger partial charge is 0.223 e. The minimum Gasteiger partial charge on any atom is -0.356 e. The first-order valence-corrected chi connectivity index (χ1v) is 6.08. The van der Waals surface area contributed by atoms with Crippen LogP contribution in [0.2, 0.25) is 0 Å². The highest BCUT2D eigenvalue weighted by atomic mass is 16.1. The van der Waals surface area contributed by atoms with Gasteiger partial charge in [0.05, 0.1) is 0 Å². The normalized spacial score (nSPS) is 14.1. The fraction of sp³-hybridized carbons (Fsp3) is 0.923. The van der Waals surface area contributed by atoms with E-state index in [4.69, 9.17) is 0 Å². The van der Waals surface area contributed by atoms with Crippen molar-refractivity contribution in [3.8, 4) is 0 Å². The zero-order valence-corrected chi connectivity index (χ0v) is 11.2. The van der Waals surface area contributed by atoms with E-state index < -0.39 is 0 Å². The van der Waals surface area contributed by atoms with E-state index in [-0.39, 0.29) is 17.2 Å². The molecule has 0 heterocycles. The van der Waals surface area contributed by atoms with Crippen molar-refractivity contribution in [3.05, 3.63) is 0 Å². The first-order chi connectivity index (χ1) is 6.80. The van der Waals surface area contributed by atoms with E-state index in [1.807, 2.05) is 0 Å². The highest BCUT2D eigenvalue weighted by Crippen LogP contribution is 2.32. The first kappa shape index (κ1) is 14.5. The molecule has 0 aromatic carbocycles. The Hall–Kier alpha value is -0.530. The van der Waals surface area contributed by atoms with Gasteiger partial charge in [-0.25, -0.2) is 0 Å². The molecule has 1 atom stereocenters. The summed E-state index contributed by atoms with van der Waals surface area (Å²) in [5.74, 6) is 0.715. The van der Waals surface area contributed by atoms with E-state index >= 15 is 0 Å². The molecular formula is C13H27NO. The Labute approximate surface area is 94.8 Å². The van der Waals surface area contributed by atoms with Gasteiger partial charge in [0.1, 0.15) is 0 Å². The second-order valence-corrected chi connectivity index (χ2v) is 5.73.